The second kappa shape index (κ2) is 5.40. The number of rotatable bonds is 2. The molecular weight excluding hydrogens is 260 g/mol. The molecule has 7 heteroatoms. The molecule has 2 heterocycles. The van der Waals surface area contributed by atoms with Gasteiger partial charge >= 0.3 is 6.09 Å². The van der Waals surface area contributed by atoms with Crippen molar-refractivity contribution >= 4 is 6.09 Å². The fraction of sp³-hybridized carbons (Fsp3) is 0.769. The number of carbonyl (C=O) groups is 1. The maximum absolute atomic E-state index is 12.0. The van der Waals surface area contributed by atoms with Gasteiger partial charge in [-0.25, -0.2) is 4.79 Å². The van der Waals surface area contributed by atoms with Gasteiger partial charge in [0, 0.05) is 32.1 Å². The summed E-state index contributed by atoms with van der Waals surface area (Å²) in [6.45, 7) is 6.27. The van der Waals surface area contributed by atoms with Crippen molar-refractivity contribution < 1.29 is 14.6 Å². The van der Waals surface area contributed by atoms with Gasteiger partial charge in [-0.05, 0) is 20.8 Å². The Kier molecular flexibility index (Phi) is 3.99. The Balaban J connectivity index is 1.93. The van der Waals surface area contributed by atoms with E-state index in [1.165, 1.54) is 0 Å². The summed E-state index contributed by atoms with van der Waals surface area (Å²) in [5.41, 5.74) is 0.299. The van der Waals surface area contributed by atoms with Crippen LogP contribution in [0.5, 0.6) is 0 Å². The van der Waals surface area contributed by atoms with Crippen molar-refractivity contribution in [1.29, 1.82) is 0 Å². The van der Waals surface area contributed by atoms with Crippen LogP contribution in [-0.4, -0.2) is 55.9 Å². The van der Waals surface area contributed by atoms with Gasteiger partial charge < -0.3 is 14.7 Å². The zero-order valence-electron chi connectivity index (χ0n) is 12.4. The van der Waals surface area contributed by atoms with Gasteiger partial charge in [0.05, 0.1) is 18.3 Å². The molecule has 1 fully saturated rings. The molecule has 1 aliphatic heterocycles. The van der Waals surface area contributed by atoms with Crippen molar-refractivity contribution in [3.63, 3.8) is 0 Å². The molecule has 1 saturated heterocycles. The van der Waals surface area contributed by atoms with Gasteiger partial charge in [0.1, 0.15) is 5.60 Å². The van der Waals surface area contributed by atoms with Crippen LogP contribution < -0.4 is 0 Å². The van der Waals surface area contributed by atoms with Crippen molar-refractivity contribution in [1.82, 2.24) is 19.9 Å². The van der Waals surface area contributed by atoms with E-state index >= 15 is 0 Å². The van der Waals surface area contributed by atoms with E-state index in [0.29, 0.717) is 19.5 Å². The first-order valence-corrected chi connectivity index (χ1v) is 6.76. The Bertz CT molecular complexity index is 480. The van der Waals surface area contributed by atoms with Crippen LogP contribution in [0.2, 0.25) is 0 Å². The largest absolute Gasteiger partial charge is 0.444 e. The molecule has 0 spiro atoms. The summed E-state index contributed by atoms with van der Waals surface area (Å²) in [5.74, 6) is -0.0285. The molecule has 2 unspecified atom stereocenters. The summed E-state index contributed by atoms with van der Waals surface area (Å²) >= 11 is 0. The van der Waals surface area contributed by atoms with Gasteiger partial charge in [0.15, 0.2) is 0 Å². The monoisotopic (exact) mass is 282 g/mol. The predicted molar refractivity (Wildman–Crippen MR) is 72.0 cm³/mol. The topological polar surface area (TPSA) is 80.5 Å². The number of carbonyl (C=O) groups excluding carboxylic acids is 1. The Labute approximate surface area is 118 Å². The molecule has 7 nitrogen and oxygen atoms in total. The first kappa shape index (κ1) is 14.8. The number of β-amino-alcohol motifs (C(OH)–C–C–N with tert-alkyl or cyclic N) is 1. The number of hydrogen-bond donors (Lipinski definition) is 1. The number of aromatic nitrogens is 3. The van der Waals surface area contributed by atoms with Crippen molar-refractivity contribution in [3.05, 3.63) is 11.9 Å². The van der Waals surface area contributed by atoms with Crippen LogP contribution in [-0.2, 0) is 18.2 Å². The van der Waals surface area contributed by atoms with E-state index < -0.39 is 11.7 Å². The van der Waals surface area contributed by atoms with Crippen molar-refractivity contribution in [3.8, 4) is 0 Å². The van der Waals surface area contributed by atoms with Gasteiger partial charge in [-0.15, -0.1) is 5.10 Å². The summed E-state index contributed by atoms with van der Waals surface area (Å²) in [5, 5.41) is 17.9. The Morgan fingerprint density at radius 3 is 2.75 bits per heavy atom. The van der Waals surface area contributed by atoms with Crippen molar-refractivity contribution in [2.75, 3.05) is 13.1 Å². The maximum atomic E-state index is 12.0. The summed E-state index contributed by atoms with van der Waals surface area (Å²) in [4.78, 5) is 13.5. The lowest BCUT2D eigenvalue weighted by molar-refractivity contribution is 0.0269. The summed E-state index contributed by atoms with van der Waals surface area (Å²) in [6.07, 6.45) is 1.50. The van der Waals surface area contributed by atoms with E-state index in [4.69, 9.17) is 4.74 Å². The SMILES string of the molecule is Cn1cc(CC2CN(C(=O)OC(C)(C)C)CC2O)nn1. The van der Waals surface area contributed by atoms with Crippen LogP contribution in [0.15, 0.2) is 6.20 Å². The molecule has 1 N–H and O–H groups in total. The first-order valence-electron chi connectivity index (χ1n) is 6.76. The van der Waals surface area contributed by atoms with Crippen LogP contribution in [0.3, 0.4) is 0 Å². The lowest BCUT2D eigenvalue weighted by atomic mass is 10.0. The number of amides is 1. The standard InChI is InChI=1S/C13H22N4O3/c1-13(2,3)20-12(19)17-6-9(11(18)8-17)5-10-7-16(4)15-14-10/h7,9,11,18H,5-6,8H2,1-4H3. The lowest BCUT2D eigenvalue weighted by Gasteiger charge is -2.24. The third kappa shape index (κ3) is 3.69. The minimum atomic E-state index is -0.551. The zero-order valence-corrected chi connectivity index (χ0v) is 12.4. The maximum Gasteiger partial charge on any atom is 0.410 e. The molecule has 1 amide bonds. The predicted octanol–water partition coefficient (Wildman–Crippen LogP) is 0.585. The molecule has 0 aromatic carbocycles. The fourth-order valence-electron chi connectivity index (χ4n) is 2.29. The van der Waals surface area contributed by atoms with Gasteiger partial charge in [0.25, 0.3) is 0 Å². The van der Waals surface area contributed by atoms with E-state index in [1.54, 1.807) is 16.6 Å². The average Bonchev–Trinajstić information content (AvgIpc) is 2.85. The lowest BCUT2D eigenvalue weighted by Crippen LogP contribution is -2.35. The number of hydrogen-bond acceptors (Lipinski definition) is 5. The number of likely N-dealkylation sites (tertiary alicyclic amines) is 1. The van der Waals surface area contributed by atoms with E-state index in [-0.39, 0.29) is 12.0 Å². The van der Waals surface area contributed by atoms with Crippen LogP contribution in [0.1, 0.15) is 26.5 Å². The summed E-state index contributed by atoms with van der Waals surface area (Å²) in [6, 6.07) is 0. The van der Waals surface area contributed by atoms with Crippen LogP contribution in [0.25, 0.3) is 0 Å². The average molecular weight is 282 g/mol. The van der Waals surface area contributed by atoms with Crippen LogP contribution in [0.4, 0.5) is 4.79 Å². The normalized spacial score (nSPS) is 23.1. The number of aliphatic hydroxyl groups is 1. The van der Waals surface area contributed by atoms with Crippen LogP contribution >= 0.6 is 0 Å². The highest BCUT2D eigenvalue weighted by Crippen LogP contribution is 2.22. The van der Waals surface area contributed by atoms with Gasteiger partial charge in [-0.2, -0.15) is 0 Å². The van der Waals surface area contributed by atoms with Gasteiger partial charge in [-0.1, -0.05) is 5.21 Å². The first-order chi connectivity index (χ1) is 9.24. The number of ether oxygens (including phenoxy) is 1. The quantitative estimate of drug-likeness (QED) is 0.858. The van der Waals surface area contributed by atoms with E-state index in [2.05, 4.69) is 10.3 Å². The minimum absolute atomic E-state index is 0.0285. The Morgan fingerprint density at radius 2 is 2.20 bits per heavy atom. The third-order valence-electron chi connectivity index (χ3n) is 3.18. The molecule has 112 valence electrons. The summed E-state index contributed by atoms with van der Waals surface area (Å²) in [7, 11) is 1.80. The number of aryl methyl sites for hydroxylation is 1. The van der Waals surface area contributed by atoms with Crippen molar-refractivity contribution in [2.24, 2.45) is 13.0 Å². The molecule has 1 aliphatic rings. The third-order valence-corrected chi connectivity index (χ3v) is 3.18. The van der Waals surface area contributed by atoms with Gasteiger partial charge in [-0.3, -0.25) is 4.68 Å². The molecule has 1 aromatic heterocycles. The fourth-order valence-corrected chi connectivity index (χ4v) is 2.29. The molecule has 0 radical (unpaired) electrons. The Morgan fingerprint density at radius 1 is 1.50 bits per heavy atom. The number of aliphatic hydroxyl groups excluding tert-OH is 1. The second-order valence-corrected chi connectivity index (χ2v) is 6.30. The van der Waals surface area contributed by atoms with Gasteiger partial charge in [0.2, 0.25) is 0 Å². The van der Waals surface area contributed by atoms with E-state index in [9.17, 15) is 9.90 Å². The molecule has 0 bridgehead atoms. The second-order valence-electron chi connectivity index (χ2n) is 6.30. The molecule has 20 heavy (non-hydrogen) atoms. The molecule has 2 rings (SSSR count). The molecule has 2 atom stereocenters. The zero-order chi connectivity index (χ0) is 14.9. The van der Waals surface area contributed by atoms with Crippen molar-refractivity contribution in [2.45, 2.75) is 38.9 Å². The number of nitrogens with zero attached hydrogens (tertiary/aromatic N) is 4. The van der Waals surface area contributed by atoms with E-state index in [0.717, 1.165) is 5.69 Å². The highest BCUT2D eigenvalue weighted by atomic mass is 16.6. The smallest absolute Gasteiger partial charge is 0.410 e. The van der Waals surface area contributed by atoms with Crippen LogP contribution in [0, 0.1) is 5.92 Å². The molecular formula is C13H22N4O3. The molecule has 0 saturated carbocycles. The highest BCUT2D eigenvalue weighted by molar-refractivity contribution is 5.68. The molecule has 1 aromatic rings. The molecule has 0 aliphatic carbocycles. The highest BCUT2D eigenvalue weighted by Gasteiger charge is 2.36. The van der Waals surface area contributed by atoms with E-state index in [1.807, 2.05) is 27.0 Å². The Hall–Kier alpha value is -1.63. The summed E-state index contributed by atoms with van der Waals surface area (Å²) < 4.78 is 6.94. The minimum Gasteiger partial charge on any atom is -0.444 e.